The largest absolute Gasteiger partial charge is 0.354 e. The van der Waals surface area contributed by atoms with Crippen molar-refractivity contribution in [1.82, 2.24) is 4.98 Å². The van der Waals surface area contributed by atoms with Gasteiger partial charge >= 0.3 is 0 Å². The summed E-state index contributed by atoms with van der Waals surface area (Å²) in [5, 5.41) is 3.43. The molecular weight excluding hydrogens is 344 g/mol. The highest BCUT2D eigenvalue weighted by molar-refractivity contribution is 9.10. The van der Waals surface area contributed by atoms with Gasteiger partial charge in [-0.3, -0.25) is 4.98 Å². The third-order valence-corrected chi connectivity index (χ3v) is 3.62. The number of hydrogen-bond acceptors (Lipinski definition) is 2. The molecule has 0 bridgehead atoms. The highest BCUT2D eigenvalue weighted by Gasteiger charge is 2.06. The van der Waals surface area contributed by atoms with Gasteiger partial charge in [0.15, 0.2) is 0 Å². The second-order valence-electron chi connectivity index (χ2n) is 3.90. The van der Waals surface area contributed by atoms with E-state index in [1.54, 1.807) is 12.4 Å². The van der Waals surface area contributed by atoms with Gasteiger partial charge < -0.3 is 5.32 Å². The molecule has 1 aromatic heterocycles. The Balaban J connectivity index is 2.40. The Morgan fingerprint density at radius 1 is 1.12 bits per heavy atom. The van der Waals surface area contributed by atoms with Gasteiger partial charge in [-0.2, -0.15) is 0 Å². The summed E-state index contributed by atoms with van der Waals surface area (Å²) in [7, 11) is 0. The average molecular weight is 356 g/mol. The second-order valence-corrected chi connectivity index (χ2v) is 5.67. The highest BCUT2D eigenvalue weighted by Crippen LogP contribution is 2.30. The minimum absolute atomic E-state index is 0.960. The maximum Gasteiger partial charge on any atom is 0.0593 e. The predicted molar refractivity (Wildman–Crippen MR) is 78.8 cm³/mol. The van der Waals surface area contributed by atoms with Gasteiger partial charge in [0.25, 0.3) is 0 Å². The minimum atomic E-state index is 0.960. The third kappa shape index (κ3) is 2.87. The van der Waals surface area contributed by atoms with Gasteiger partial charge in [0.2, 0.25) is 0 Å². The van der Waals surface area contributed by atoms with Gasteiger partial charge in [0.05, 0.1) is 10.2 Å². The van der Waals surface area contributed by atoms with E-state index in [0.29, 0.717) is 0 Å². The molecule has 0 saturated carbocycles. The van der Waals surface area contributed by atoms with E-state index in [1.165, 1.54) is 11.1 Å². The van der Waals surface area contributed by atoms with Crippen LogP contribution in [0.4, 0.5) is 11.4 Å². The van der Waals surface area contributed by atoms with Crippen molar-refractivity contribution in [2.24, 2.45) is 0 Å². The Kier molecular flexibility index (Phi) is 3.84. The number of pyridine rings is 1. The monoisotopic (exact) mass is 354 g/mol. The highest BCUT2D eigenvalue weighted by atomic mass is 79.9. The summed E-state index contributed by atoms with van der Waals surface area (Å²) in [6, 6.07) is 6.15. The van der Waals surface area contributed by atoms with Gasteiger partial charge in [-0.05, 0) is 59.1 Å². The Hall–Kier alpha value is -0.870. The zero-order chi connectivity index (χ0) is 12.4. The number of aromatic nitrogens is 1. The zero-order valence-electron chi connectivity index (χ0n) is 9.59. The molecule has 0 fully saturated rings. The van der Waals surface area contributed by atoms with Gasteiger partial charge in [-0.25, -0.2) is 0 Å². The molecule has 0 aliphatic carbocycles. The topological polar surface area (TPSA) is 24.9 Å². The Morgan fingerprint density at radius 3 is 2.35 bits per heavy atom. The summed E-state index contributed by atoms with van der Waals surface area (Å²) in [4.78, 5) is 4.05. The minimum Gasteiger partial charge on any atom is -0.354 e. The van der Waals surface area contributed by atoms with Crippen LogP contribution >= 0.6 is 31.9 Å². The van der Waals surface area contributed by atoms with Crippen LogP contribution in [0, 0.1) is 13.8 Å². The average Bonchev–Trinajstić information content (AvgIpc) is 2.25. The molecule has 0 amide bonds. The van der Waals surface area contributed by atoms with E-state index in [-0.39, 0.29) is 0 Å². The number of hydrogen-bond donors (Lipinski definition) is 1. The molecule has 88 valence electrons. The maximum absolute atomic E-state index is 4.05. The van der Waals surface area contributed by atoms with E-state index >= 15 is 0 Å². The normalized spacial score (nSPS) is 10.4. The van der Waals surface area contributed by atoms with E-state index in [4.69, 9.17) is 0 Å². The number of nitrogens with zero attached hydrogens (tertiary/aromatic N) is 1. The summed E-state index contributed by atoms with van der Waals surface area (Å²) in [5.41, 5.74) is 4.58. The lowest BCUT2D eigenvalue weighted by molar-refractivity contribution is 1.29. The van der Waals surface area contributed by atoms with Crippen LogP contribution in [0.25, 0.3) is 0 Å². The summed E-state index contributed by atoms with van der Waals surface area (Å²) < 4.78 is 2.06. The Bertz CT molecular complexity index is 530. The molecular formula is C13H12Br2N2. The molecule has 1 N–H and O–H groups in total. The van der Waals surface area contributed by atoms with Crippen molar-refractivity contribution < 1.29 is 0 Å². The van der Waals surface area contributed by atoms with Crippen LogP contribution in [0.3, 0.4) is 0 Å². The van der Waals surface area contributed by atoms with E-state index in [0.717, 1.165) is 20.3 Å². The summed E-state index contributed by atoms with van der Waals surface area (Å²) in [6.45, 7) is 4.18. The van der Waals surface area contributed by atoms with Crippen molar-refractivity contribution in [1.29, 1.82) is 0 Å². The summed E-state index contributed by atoms with van der Waals surface area (Å²) in [5.74, 6) is 0. The van der Waals surface area contributed by atoms with Crippen LogP contribution in [0.15, 0.2) is 39.5 Å². The zero-order valence-corrected chi connectivity index (χ0v) is 12.8. The quantitative estimate of drug-likeness (QED) is 0.822. The molecule has 0 atom stereocenters. The number of benzene rings is 1. The number of nitrogens with one attached hydrogen (secondary N) is 1. The van der Waals surface area contributed by atoms with Crippen molar-refractivity contribution in [3.63, 3.8) is 0 Å². The van der Waals surface area contributed by atoms with Gasteiger partial charge in [-0.15, -0.1) is 0 Å². The van der Waals surface area contributed by atoms with E-state index in [1.807, 2.05) is 6.07 Å². The lowest BCUT2D eigenvalue weighted by atomic mass is 10.1. The molecule has 1 aromatic carbocycles. The van der Waals surface area contributed by atoms with Crippen molar-refractivity contribution >= 4 is 43.2 Å². The van der Waals surface area contributed by atoms with Crippen molar-refractivity contribution in [3.8, 4) is 0 Å². The SMILES string of the molecule is Cc1cc(Br)cc(C)c1Nc1ccncc1Br. The van der Waals surface area contributed by atoms with Crippen molar-refractivity contribution in [2.45, 2.75) is 13.8 Å². The van der Waals surface area contributed by atoms with Gasteiger partial charge in [0, 0.05) is 22.6 Å². The van der Waals surface area contributed by atoms with Crippen LogP contribution < -0.4 is 5.32 Å². The first-order valence-corrected chi connectivity index (χ1v) is 6.80. The molecule has 17 heavy (non-hydrogen) atoms. The standard InChI is InChI=1S/C13H12Br2N2/c1-8-5-10(14)6-9(2)13(8)17-12-3-4-16-7-11(12)15/h3-7H,1-2H3,(H,16,17). The molecule has 0 spiro atoms. The lowest BCUT2D eigenvalue weighted by Gasteiger charge is -2.14. The van der Waals surface area contributed by atoms with Crippen LogP contribution in [0.1, 0.15) is 11.1 Å². The molecule has 2 rings (SSSR count). The van der Waals surface area contributed by atoms with Crippen LogP contribution in [0.2, 0.25) is 0 Å². The van der Waals surface area contributed by atoms with E-state index in [9.17, 15) is 0 Å². The number of halogens is 2. The Labute approximate surface area is 118 Å². The molecule has 2 aromatic rings. The number of anilines is 2. The summed E-state index contributed by atoms with van der Waals surface area (Å²) >= 11 is 6.98. The van der Waals surface area contributed by atoms with E-state index < -0.39 is 0 Å². The fourth-order valence-corrected chi connectivity index (χ4v) is 2.76. The van der Waals surface area contributed by atoms with Crippen LogP contribution in [-0.4, -0.2) is 4.98 Å². The first-order chi connectivity index (χ1) is 8.08. The molecule has 0 aliphatic rings. The van der Waals surface area contributed by atoms with Gasteiger partial charge in [0.1, 0.15) is 0 Å². The first kappa shape index (κ1) is 12.6. The smallest absolute Gasteiger partial charge is 0.0593 e. The Morgan fingerprint density at radius 2 is 1.76 bits per heavy atom. The first-order valence-electron chi connectivity index (χ1n) is 5.21. The fourth-order valence-electron chi connectivity index (χ4n) is 1.72. The lowest BCUT2D eigenvalue weighted by Crippen LogP contribution is -1.97. The van der Waals surface area contributed by atoms with Crippen molar-refractivity contribution in [3.05, 3.63) is 50.7 Å². The van der Waals surface area contributed by atoms with E-state index in [2.05, 4.69) is 68.1 Å². The molecule has 1 heterocycles. The molecule has 0 unspecified atom stereocenters. The second kappa shape index (κ2) is 5.19. The fraction of sp³-hybridized carbons (Fsp3) is 0.154. The summed E-state index contributed by atoms with van der Waals surface area (Å²) in [6.07, 6.45) is 3.56. The van der Waals surface area contributed by atoms with Gasteiger partial charge in [-0.1, -0.05) is 15.9 Å². The number of aryl methyl sites for hydroxylation is 2. The number of rotatable bonds is 2. The molecule has 2 nitrogen and oxygen atoms in total. The molecule has 0 aliphatic heterocycles. The maximum atomic E-state index is 4.05. The van der Waals surface area contributed by atoms with Crippen LogP contribution in [-0.2, 0) is 0 Å². The molecule has 4 heteroatoms. The van der Waals surface area contributed by atoms with Crippen LogP contribution in [0.5, 0.6) is 0 Å². The molecule has 0 radical (unpaired) electrons. The third-order valence-electron chi connectivity index (χ3n) is 2.53. The van der Waals surface area contributed by atoms with Crippen molar-refractivity contribution in [2.75, 3.05) is 5.32 Å². The predicted octanol–water partition coefficient (Wildman–Crippen LogP) is 4.97. The molecule has 0 saturated heterocycles.